The topological polar surface area (TPSA) is 87.1 Å². The van der Waals surface area contributed by atoms with Crippen molar-refractivity contribution in [1.82, 2.24) is 4.90 Å². The molecular weight excluding hydrogens is 442 g/mol. The smallest absolute Gasteiger partial charge is 0.295 e. The summed E-state index contributed by atoms with van der Waals surface area (Å²) in [5.41, 5.74) is 5.08. The van der Waals surface area contributed by atoms with Crippen LogP contribution in [-0.4, -0.2) is 32.9 Å². The number of benzene rings is 3. The Balaban J connectivity index is 1.64. The van der Waals surface area contributed by atoms with E-state index in [2.05, 4.69) is 0 Å². The van der Waals surface area contributed by atoms with Crippen LogP contribution in [0.4, 0.5) is 0 Å². The third kappa shape index (κ3) is 4.05. The first kappa shape index (κ1) is 22.7. The standard InChI is InChI=1S/C29H27NO5/c1-16-4-5-17(2)22(12-16)15-30-26(19-6-9-23(31)10-7-19)25(28(33)29(30)34)27(32)20-8-11-24-21(14-20)13-18(3)35-24/h4-12,14,18,26,31-32H,13,15H2,1-3H3/b27-25-. The van der Waals surface area contributed by atoms with Crippen molar-refractivity contribution in [2.24, 2.45) is 0 Å². The van der Waals surface area contributed by atoms with Crippen LogP contribution in [0.25, 0.3) is 5.76 Å². The predicted molar refractivity (Wildman–Crippen MR) is 132 cm³/mol. The Kier molecular flexibility index (Phi) is 5.59. The van der Waals surface area contributed by atoms with Gasteiger partial charge in [0.15, 0.2) is 0 Å². The first-order chi connectivity index (χ1) is 16.7. The number of carbonyl (C=O) groups is 2. The molecule has 0 aliphatic carbocycles. The van der Waals surface area contributed by atoms with E-state index in [0.717, 1.165) is 28.0 Å². The molecule has 2 aliphatic heterocycles. The van der Waals surface area contributed by atoms with Crippen molar-refractivity contribution < 1.29 is 24.5 Å². The van der Waals surface area contributed by atoms with Gasteiger partial charge in [0.2, 0.25) is 0 Å². The Morgan fingerprint density at radius 1 is 1.03 bits per heavy atom. The van der Waals surface area contributed by atoms with Gasteiger partial charge in [0.05, 0.1) is 11.6 Å². The fourth-order valence-corrected chi connectivity index (χ4v) is 4.93. The van der Waals surface area contributed by atoms with Gasteiger partial charge in [-0.25, -0.2) is 0 Å². The van der Waals surface area contributed by atoms with Gasteiger partial charge in [-0.2, -0.15) is 0 Å². The second-order valence-corrected chi connectivity index (χ2v) is 9.40. The fraction of sp³-hybridized carbons (Fsp3) is 0.241. The number of fused-ring (bicyclic) bond motifs is 1. The zero-order valence-corrected chi connectivity index (χ0v) is 19.9. The quantitative estimate of drug-likeness (QED) is 0.321. The van der Waals surface area contributed by atoms with Gasteiger partial charge in [-0.15, -0.1) is 0 Å². The third-order valence-corrected chi connectivity index (χ3v) is 6.76. The fourth-order valence-electron chi connectivity index (χ4n) is 4.93. The number of rotatable bonds is 4. The van der Waals surface area contributed by atoms with Gasteiger partial charge in [-0.3, -0.25) is 9.59 Å². The van der Waals surface area contributed by atoms with Gasteiger partial charge in [0, 0.05) is 18.5 Å². The summed E-state index contributed by atoms with van der Waals surface area (Å²) in [6, 6.07) is 16.9. The number of amides is 1. The van der Waals surface area contributed by atoms with E-state index in [9.17, 15) is 19.8 Å². The first-order valence-corrected chi connectivity index (χ1v) is 11.7. The summed E-state index contributed by atoms with van der Waals surface area (Å²) in [5, 5.41) is 21.2. The molecule has 2 heterocycles. The molecule has 2 N–H and O–H groups in total. The summed E-state index contributed by atoms with van der Waals surface area (Å²) >= 11 is 0. The maximum absolute atomic E-state index is 13.3. The highest BCUT2D eigenvalue weighted by atomic mass is 16.5. The normalized spacial score (nSPS) is 20.7. The summed E-state index contributed by atoms with van der Waals surface area (Å²) < 4.78 is 5.76. The summed E-state index contributed by atoms with van der Waals surface area (Å²) in [6.45, 7) is 6.14. The van der Waals surface area contributed by atoms with Crippen LogP contribution in [-0.2, 0) is 22.6 Å². The molecule has 6 nitrogen and oxygen atoms in total. The Bertz CT molecular complexity index is 1370. The first-order valence-electron chi connectivity index (χ1n) is 11.7. The lowest BCUT2D eigenvalue weighted by Gasteiger charge is -2.26. The number of aliphatic hydroxyl groups is 1. The number of aliphatic hydroxyl groups excluding tert-OH is 1. The molecule has 0 spiro atoms. The lowest BCUT2D eigenvalue weighted by Crippen LogP contribution is -2.29. The molecule has 2 atom stereocenters. The van der Waals surface area contributed by atoms with Crippen molar-refractivity contribution in [3.63, 3.8) is 0 Å². The number of aromatic hydroxyl groups is 1. The van der Waals surface area contributed by atoms with E-state index in [1.807, 2.05) is 45.0 Å². The number of hydrogen-bond donors (Lipinski definition) is 2. The summed E-state index contributed by atoms with van der Waals surface area (Å²) in [4.78, 5) is 28.1. The van der Waals surface area contributed by atoms with Gasteiger partial charge < -0.3 is 19.8 Å². The second kappa shape index (κ2) is 8.62. The van der Waals surface area contributed by atoms with E-state index in [1.165, 1.54) is 17.0 Å². The van der Waals surface area contributed by atoms with Crippen molar-refractivity contribution >= 4 is 17.4 Å². The minimum Gasteiger partial charge on any atom is -0.508 e. The SMILES string of the molecule is Cc1ccc(C)c(CN2C(=O)C(=O)/C(=C(\O)c3ccc4c(c3)CC(C)O4)C2c2ccc(O)cc2)c1. The van der Waals surface area contributed by atoms with E-state index in [-0.39, 0.29) is 29.7 Å². The average molecular weight is 470 g/mol. The van der Waals surface area contributed by atoms with Gasteiger partial charge in [0.25, 0.3) is 11.7 Å². The molecule has 5 rings (SSSR count). The summed E-state index contributed by atoms with van der Waals surface area (Å²) in [7, 11) is 0. The highest BCUT2D eigenvalue weighted by Gasteiger charge is 2.46. The van der Waals surface area contributed by atoms with Gasteiger partial charge in [-0.05, 0) is 73.4 Å². The Morgan fingerprint density at radius 2 is 1.77 bits per heavy atom. The van der Waals surface area contributed by atoms with Crippen molar-refractivity contribution in [1.29, 1.82) is 0 Å². The van der Waals surface area contributed by atoms with Crippen molar-refractivity contribution in [3.8, 4) is 11.5 Å². The van der Waals surface area contributed by atoms with Gasteiger partial charge >= 0.3 is 0 Å². The molecule has 0 radical (unpaired) electrons. The molecule has 1 saturated heterocycles. The number of phenolic OH excluding ortho intramolecular Hbond substituents is 1. The Hall–Kier alpha value is -4.06. The summed E-state index contributed by atoms with van der Waals surface area (Å²) in [6.07, 6.45) is 0.751. The molecule has 0 saturated carbocycles. The number of Topliss-reactive ketones (excluding diaryl/α,β-unsaturated/α-hetero) is 1. The number of hydrogen-bond acceptors (Lipinski definition) is 5. The zero-order chi connectivity index (χ0) is 24.9. The maximum atomic E-state index is 13.3. The molecule has 35 heavy (non-hydrogen) atoms. The third-order valence-electron chi connectivity index (χ3n) is 6.76. The van der Waals surface area contributed by atoms with E-state index >= 15 is 0 Å². The maximum Gasteiger partial charge on any atom is 0.295 e. The largest absolute Gasteiger partial charge is 0.508 e. The molecule has 178 valence electrons. The van der Waals surface area contributed by atoms with Crippen LogP contribution >= 0.6 is 0 Å². The van der Waals surface area contributed by atoms with Crippen molar-refractivity contribution in [2.45, 2.75) is 45.9 Å². The van der Waals surface area contributed by atoms with E-state index < -0.39 is 17.7 Å². The Morgan fingerprint density at radius 3 is 2.51 bits per heavy atom. The summed E-state index contributed by atoms with van der Waals surface area (Å²) in [5.74, 6) is -0.764. The van der Waals surface area contributed by atoms with Crippen LogP contribution < -0.4 is 4.74 Å². The molecule has 2 unspecified atom stereocenters. The predicted octanol–water partition coefficient (Wildman–Crippen LogP) is 4.95. The molecule has 2 aliphatic rings. The van der Waals surface area contributed by atoms with Crippen LogP contribution in [0.1, 0.15) is 46.3 Å². The van der Waals surface area contributed by atoms with Gasteiger partial charge in [-0.1, -0.05) is 35.9 Å². The van der Waals surface area contributed by atoms with Crippen LogP contribution in [0, 0.1) is 13.8 Å². The number of carbonyl (C=O) groups excluding carboxylic acids is 2. The molecule has 3 aromatic rings. The molecule has 1 amide bonds. The zero-order valence-electron chi connectivity index (χ0n) is 19.9. The minimum absolute atomic E-state index is 0.0397. The molecule has 6 heteroatoms. The lowest BCUT2D eigenvalue weighted by atomic mass is 9.94. The van der Waals surface area contributed by atoms with Crippen LogP contribution in [0.5, 0.6) is 11.5 Å². The van der Waals surface area contributed by atoms with Crippen molar-refractivity contribution in [2.75, 3.05) is 0 Å². The highest BCUT2D eigenvalue weighted by molar-refractivity contribution is 6.46. The second-order valence-electron chi connectivity index (χ2n) is 9.40. The van der Waals surface area contributed by atoms with Gasteiger partial charge in [0.1, 0.15) is 23.4 Å². The number of nitrogens with zero attached hydrogens (tertiary/aromatic N) is 1. The van der Waals surface area contributed by atoms with Crippen LogP contribution in [0.2, 0.25) is 0 Å². The highest BCUT2D eigenvalue weighted by Crippen LogP contribution is 2.42. The van der Waals surface area contributed by atoms with Crippen molar-refractivity contribution in [3.05, 3.63) is 99.6 Å². The molecular formula is C29H27NO5. The molecule has 1 fully saturated rings. The average Bonchev–Trinajstić information content (AvgIpc) is 3.32. The number of ether oxygens (including phenoxy) is 1. The number of ketones is 1. The number of likely N-dealkylation sites (tertiary alicyclic amines) is 1. The molecule has 0 bridgehead atoms. The van der Waals surface area contributed by atoms with Crippen LogP contribution in [0.3, 0.4) is 0 Å². The molecule has 3 aromatic carbocycles. The van der Waals surface area contributed by atoms with Crippen LogP contribution in [0.15, 0.2) is 66.2 Å². The monoisotopic (exact) mass is 469 g/mol. The lowest BCUT2D eigenvalue weighted by molar-refractivity contribution is -0.140. The van der Waals surface area contributed by atoms with E-state index in [1.54, 1.807) is 24.3 Å². The number of aryl methyl sites for hydroxylation is 2. The molecule has 0 aromatic heterocycles. The number of phenols is 1. The van der Waals surface area contributed by atoms with E-state index in [0.29, 0.717) is 17.5 Å². The van der Waals surface area contributed by atoms with E-state index in [4.69, 9.17) is 4.74 Å². The minimum atomic E-state index is -0.793. The Labute approximate surface area is 204 Å².